The molecule has 6 fully saturated rings. The van der Waals surface area contributed by atoms with E-state index in [1.165, 1.54) is 32.6 Å². The van der Waals surface area contributed by atoms with Crippen molar-refractivity contribution in [2.75, 3.05) is 27.4 Å². The SMILES string of the molecule is C.C.C=C1C[C@H](CCC=O)OC1CC[C@H]1C[C@@H](C)C(=C)C(C[C@@H]2O[C@H](C[C@H](C)CO[Si](C)(C)C(C)(C)C)[C@H](C)C2CC(=O)OC)O1.C=C1C[C@H](CCCC)OC1CC[C@H]1C[C@@H](C)C(=C)C(C[C@@H]2O[C@H](C[C@H](C)CO[Si](C)(C)C(C)(C)C)[C@H](C)C2CC(=O)OC)O1. The van der Waals surface area contributed by atoms with Gasteiger partial charge in [0.05, 0.1) is 100 Å². The first-order valence-corrected chi connectivity index (χ1v) is 40.4. The zero-order valence-electron chi connectivity index (χ0n) is 59.1. The molecule has 0 radical (unpaired) electrons. The molecule has 0 aromatic carbocycles. The predicted molar refractivity (Wildman–Crippen MR) is 374 cm³/mol. The molecule has 0 N–H and O–H groups in total. The first-order chi connectivity index (χ1) is 41.1. The number of rotatable bonds is 30. The van der Waals surface area contributed by atoms with Crippen molar-refractivity contribution in [1.29, 1.82) is 0 Å². The van der Waals surface area contributed by atoms with E-state index in [-0.39, 0.29) is 128 Å². The zero-order chi connectivity index (χ0) is 65.6. The summed E-state index contributed by atoms with van der Waals surface area (Å²) in [6.07, 6.45) is 17.7. The van der Waals surface area contributed by atoms with Gasteiger partial charge in [0.25, 0.3) is 0 Å². The van der Waals surface area contributed by atoms with Crippen LogP contribution < -0.4 is 0 Å². The molecule has 0 aromatic heterocycles. The van der Waals surface area contributed by atoms with Gasteiger partial charge in [-0.25, -0.2) is 0 Å². The van der Waals surface area contributed by atoms with Crippen LogP contribution in [0.2, 0.25) is 36.3 Å². The molecule has 0 bridgehead atoms. The molecule has 0 saturated carbocycles. The van der Waals surface area contributed by atoms with E-state index in [0.29, 0.717) is 55.5 Å². The third-order valence-corrected chi connectivity index (χ3v) is 31.3. The fourth-order valence-electron chi connectivity index (χ4n) is 13.9. The highest BCUT2D eigenvalue weighted by atomic mass is 28.4. The molecule has 6 unspecified atom stereocenters. The Balaban J connectivity index is 0.000000460. The minimum absolute atomic E-state index is 0. The number of methoxy groups -OCH3 is 2. The second kappa shape index (κ2) is 36.7. The van der Waals surface area contributed by atoms with Gasteiger partial charge in [-0.3, -0.25) is 9.59 Å². The van der Waals surface area contributed by atoms with E-state index in [1.54, 1.807) is 0 Å². The van der Waals surface area contributed by atoms with Crippen LogP contribution in [0.5, 0.6) is 0 Å². The average Bonchev–Trinajstić information content (AvgIpc) is 1.73. The van der Waals surface area contributed by atoms with Crippen molar-refractivity contribution in [3.05, 3.63) is 48.6 Å². The summed E-state index contributed by atoms with van der Waals surface area (Å²) in [5.41, 5.74) is 4.63. The monoisotopic (exact) mass is 1300 g/mol. The lowest BCUT2D eigenvalue weighted by molar-refractivity contribution is -0.143. The highest BCUT2D eigenvalue weighted by Gasteiger charge is 2.48. The quantitative estimate of drug-likeness (QED) is 0.0291. The summed E-state index contributed by atoms with van der Waals surface area (Å²) in [5.74, 6) is 1.69. The number of hydrogen-bond acceptors (Lipinski definition) is 13. The van der Waals surface area contributed by atoms with E-state index in [2.05, 4.69) is 143 Å². The highest BCUT2D eigenvalue weighted by molar-refractivity contribution is 6.74. The molecule has 6 aliphatic rings. The van der Waals surface area contributed by atoms with Crippen molar-refractivity contribution in [3.63, 3.8) is 0 Å². The van der Waals surface area contributed by atoms with Gasteiger partial charge in [-0.1, -0.05) is 144 Å². The minimum Gasteiger partial charge on any atom is -0.469 e. The lowest BCUT2D eigenvalue weighted by atomic mass is 9.79. The van der Waals surface area contributed by atoms with Gasteiger partial charge in [0.2, 0.25) is 0 Å². The Bertz CT molecular complexity index is 2250. The maximum atomic E-state index is 12.5. The number of carbonyl (C=O) groups excluding carboxylic acids is 3. The number of ether oxygens (including phenoxy) is 8. The van der Waals surface area contributed by atoms with Crippen molar-refractivity contribution >= 4 is 34.9 Å². The van der Waals surface area contributed by atoms with Crippen LogP contribution in [0.4, 0.5) is 0 Å². The fraction of sp³-hybridized carbons (Fsp3) is 0.853. The standard InChI is InChI=1S/C37H66O6Si.C36H62O7Si.2CH4/c1-13-14-15-29-20-26(4)32(41-29)17-16-30-19-25(3)27(5)34(42-30)22-35-31(21-36(38)39-10)28(6)33(43-35)18-24(2)23-40-44(11,12)37(7,8)9;1-23(22-40-44(10,11)36(6,7)8)17-32-27(5)30(20-35(38)39-9)34(43-32)21-33-26(4)24(2)18-29(42-33)14-15-31-25(3)19-28(41-31)13-12-16-37;;/h24-25,28-35H,4-5,13-23H2,1-3,6-12H3;16,23-24,27-34H,3-4,12-15,17-22H2,1-2,5-11H3;2*1H4/t24-,25+,28+,29-,30-,31?,32?,33+,34?,35-;23-,24+,27+,28-,29-,30?,31?,32+,33?,34-;;/m00../s1. The number of carbonyl (C=O) groups is 3. The summed E-state index contributed by atoms with van der Waals surface area (Å²) in [7, 11) is -0.707. The Morgan fingerprint density at radius 1 is 0.556 bits per heavy atom. The topological polar surface area (TPSA) is 144 Å². The lowest BCUT2D eigenvalue weighted by Crippen LogP contribution is -2.42. The molecule has 6 heterocycles. The van der Waals surface area contributed by atoms with E-state index in [0.717, 1.165) is 120 Å². The Morgan fingerprint density at radius 2 is 0.922 bits per heavy atom. The zero-order valence-corrected chi connectivity index (χ0v) is 61.1. The Labute approximate surface area is 553 Å². The first-order valence-electron chi connectivity index (χ1n) is 34.6. The van der Waals surface area contributed by atoms with Crippen molar-refractivity contribution in [2.45, 2.75) is 336 Å². The van der Waals surface area contributed by atoms with Gasteiger partial charge in [-0.15, -0.1) is 0 Å². The van der Waals surface area contributed by atoms with E-state index >= 15 is 0 Å². The highest BCUT2D eigenvalue weighted by Crippen LogP contribution is 2.47. The molecule has 15 heteroatoms. The van der Waals surface area contributed by atoms with Crippen LogP contribution in [0.1, 0.15) is 227 Å². The summed E-state index contributed by atoms with van der Waals surface area (Å²) in [5, 5.41) is 0.364. The molecule has 6 aliphatic heterocycles. The van der Waals surface area contributed by atoms with Crippen molar-refractivity contribution < 1.29 is 61.1 Å². The maximum absolute atomic E-state index is 12.5. The third kappa shape index (κ3) is 23.5. The van der Waals surface area contributed by atoms with Crippen LogP contribution in [-0.2, 0) is 61.1 Å². The summed E-state index contributed by atoms with van der Waals surface area (Å²) in [6.45, 7) is 57.6. The predicted octanol–water partition coefficient (Wildman–Crippen LogP) is 18.1. The van der Waals surface area contributed by atoms with E-state index in [1.807, 2.05) is 0 Å². The summed E-state index contributed by atoms with van der Waals surface area (Å²) >= 11 is 0. The molecule has 6 saturated heterocycles. The largest absolute Gasteiger partial charge is 0.469 e. The van der Waals surface area contributed by atoms with Gasteiger partial charge in [-0.2, -0.15) is 0 Å². The Kier molecular flexibility index (Phi) is 33.4. The van der Waals surface area contributed by atoms with Gasteiger partial charge >= 0.3 is 11.9 Å². The molecular formula is C75H136O13Si2. The minimum atomic E-state index is -1.83. The average molecular weight is 1300 g/mol. The first kappa shape index (κ1) is 81.9. The molecule has 0 aliphatic carbocycles. The number of unbranched alkanes of at least 4 members (excludes halogenated alkanes) is 1. The van der Waals surface area contributed by atoms with Crippen LogP contribution in [0.25, 0.3) is 0 Å². The molecule has 6 rings (SSSR count). The van der Waals surface area contributed by atoms with Gasteiger partial charge < -0.3 is 51.5 Å². The van der Waals surface area contributed by atoms with Crippen LogP contribution in [0.15, 0.2) is 48.6 Å². The van der Waals surface area contributed by atoms with Gasteiger partial charge in [0.15, 0.2) is 16.6 Å². The number of esters is 2. The third-order valence-electron chi connectivity index (χ3n) is 22.3. The van der Waals surface area contributed by atoms with Crippen LogP contribution in [0.3, 0.4) is 0 Å². The van der Waals surface area contributed by atoms with Crippen LogP contribution in [0, 0.1) is 47.3 Å². The van der Waals surface area contributed by atoms with Crippen LogP contribution in [-0.4, -0.2) is 136 Å². The van der Waals surface area contributed by atoms with Crippen molar-refractivity contribution in [3.8, 4) is 0 Å². The molecule has 90 heavy (non-hydrogen) atoms. The molecule has 0 amide bonds. The molecule has 13 nitrogen and oxygen atoms in total. The fourth-order valence-corrected chi connectivity index (χ4v) is 16.2. The summed E-state index contributed by atoms with van der Waals surface area (Å²) in [6, 6.07) is 0. The molecule has 20 atom stereocenters. The normalized spacial score (nSPS) is 33.2. The summed E-state index contributed by atoms with van der Waals surface area (Å²) in [4.78, 5) is 35.8. The number of aldehydes is 1. The Morgan fingerprint density at radius 3 is 1.27 bits per heavy atom. The second-order valence-electron chi connectivity index (χ2n) is 31.5. The van der Waals surface area contributed by atoms with Crippen LogP contribution >= 0.6 is 0 Å². The molecule has 0 aromatic rings. The van der Waals surface area contributed by atoms with Crippen molar-refractivity contribution in [2.24, 2.45) is 47.3 Å². The Hall–Kier alpha value is -2.32. The second-order valence-corrected chi connectivity index (χ2v) is 41.1. The van der Waals surface area contributed by atoms with Gasteiger partial charge in [0, 0.05) is 44.3 Å². The molecular weight excluding hydrogens is 1160 g/mol. The van der Waals surface area contributed by atoms with Gasteiger partial charge in [-0.05, 0) is 171 Å². The molecule has 522 valence electrons. The van der Waals surface area contributed by atoms with Gasteiger partial charge in [0.1, 0.15) is 6.29 Å². The molecule has 0 spiro atoms. The smallest absolute Gasteiger partial charge is 0.305 e. The number of hydrogen-bond donors (Lipinski definition) is 0. The summed E-state index contributed by atoms with van der Waals surface area (Å²) < 4.78 is 63.0. The lowest BCUT2D eigenvalue weighted by Gasteiger charge is -2.38. The van der Waals surface area contributed by atoms with E-state index < -0.39 is 16.6 Å². The van der Waals surface area contributed by atoms with Crippen molar-refractivity contribution in [1.82, 2.24) is 0 Å². The van der Waals surface area contributed by atoms with E-state index in [4.69, 9.17) is 46.7 Å². The maximum Gasteiger partial charge on any atom is 0.305 e. The van der Waals surface area contributed by atoms with E-state index in [9.17, 15) is 14.4 Å².